The zero-order chi connectivity index (χ0) is 25.5. The molecule has 2 N–H and O–H groups in total. The van der Waals surface area contributed by atoms with Gasteiger partial charge in [0.05, 0.1) is 19.1 Å². The van der Waals surface area contributed by atoms with Crippen molar-refractivity contribution in [3.63, 3.8) is 0 Å². The number of hydrogen-bond donors (Lipinski definition) is 2. The monoisotopic (exact) mass is 495 g/mol. The molecule has 3 aromatic carbocycles. The minimum Gasteiger partial charge on any atom is -0.496 e. The number of hydrogen-bond acceptors (Lipinski definition) is 5. The van der Waals surface area contributed by atoms with Gasteiger partial charge in [0.2, 0.25) is 15.9 Å². The standard InChI is InChI=1S/C26H29N3O5S/c1-26(2,3)22-15-20(29-23(30)10-11-27-25(29)31)14-21(24(22)34-4)18-7-6-17-13-19(28-35(5,32)33)9-8-16(17)12-18/h6-9,12-15,28H,10-11H2,1-5H3,(H,27,31). The maximum Gasteiger partial charge on any atom is 0.328 e. The first-order chi connectivity index (χ1) is 16.4. The van der Waals surface area contributed by atoms with E-state index < -0.39 is 16.1 Å². The lowest BCUT2D eigenvalue weighted by Crippen LogP contribution is -2.50. The number of anilines is 2. The lowest BCUT2D eigenvalue weighted by Gasteiger charge is -2.30. The molecule has 0 saturated carbocycles. The lowest BCUT2D eigenvalue weighted by atomic mass is 9.83. The van der Waals surface area contributed by atoms with E-state index in [9.17, 15) is 18.0 Å². The van der Waals surface area contributed by atoms with Crippen LogP contribution in [0.3, 0.4) is 0 Å². The number of sulfonamides is 1. The van der Waals surface area contributed by atoms with Crippen LogP contribution in [0.25, 0.3) is 21.9 Å². The number of nitrogens with zero attached hydrogens (tertiary/aromatic N) is 1. The molecule has 1 aliphatic rings. The number of rotatable bonds is 5. The summed E-state index contributed by atoms with van der Waals surface area (Å²) in [5.41, 5.74) is 3.11. The van der Waals surface area contributed by atoms with Crippen molar-refractivity contribution in [3.05, 3.63) is 54.1 Å². The van der Waals surface area contributed by atoms with Crippen LogP contribution in [0.2, 0.25) is 0 Å². The number of carbonyl (C=O) groups is 2. The zero-order valence-electron chi connectivity index (χ0n) is 20.4. The van der Waals surface area contributed by atoms with Gasteiger partial charge in [-0.3, -0.25) is 9.52 Å². The van der Waals surface area contributed by atoms with E-state index in [0.29, 0.717) is 23.7 Å². The van der Waals surface area contributed by atoms with Gasteiger partial charge in [0.1, 0.15) is 5.75 Å². The molecule has 3 amide bonds. The molecule has 1 fully saturated rings. The second kappa shape index (κ2) is 8.88. The second-order valence-electron chi connectivity index (χ2n) is 9.69. The molecular formula is C26H29N3O5S. The van der Waals surface area contributed by atoms with Gasteiger partial charge in [-0.25, -0.2) is 18.1 Å². The normalized spacial score (nSPS) is 14.7. The fourth-order valence-electron chi connectivity index (χ4n) is 4.27. The number of amides is 3. The smallest absolute Gasteiger partial charge is 0.328 e. The van der Waals surface area contributed by atoms with Gasteiger partial charge < -0.3 is 10.1 Å². The van der Waals surface area contributed by atoms with Crippen LogP contribution in [0, 0.1) is 0 Å². The van der Waals surface area contributed by atoms with E-state index in [1.807, 2.05) is 51.1 Å². The molecule has 0 aliphatic carbocycles. The third kappa shape index (κ3) is 5.09. The predicted octanol–water partition coefficient (Wildman–Crippen LogP) is 4.63. The van der Waals surface area contributed by atoms with Crippen LogP contribution in [0.15, 0.2) is 48.5 Å². The third-order valence-electron chi connectivity index (χ3n) is 5.87. The van der Waals surface area contributed by atoms with Crippen molar-refractivity contribution in [1.29, 1.82) is 0 Å². The summed E-state index contributed by atoms with van der Waals surface area (Å²) in [6, 6.07) is 14.3. The average Bonchev–Trinajstić information content (AvgIpc) is 2.76. The molecule has 0 spiro atoms. The van der Waals surface area contributed by atoms with Crippen LogP contribution in [0.4, 0.5) is 16.2 Å². The van der Waals surface area contributed by atoms with Crippen molar-refractivity contribution in [2.75, 3.05) is 29.5 Å². The molecule has 184 valence electrons. The molecule has 8 nitrogen and oxygen atoms in total. The summed E-state index contributed by atoms with van der Waals surface area (Å²) < 4.78 is 31.5. The molecule has 9 heteroatoms. The summed E-state index contributed by atoms with van der Waals surface area (Å²) in [6.07, 6.45) is 1.34. The first kappa shape index (κ1) is 24.5. The summed E-state index contributed by atoms with van der Waals surface area (Å²) >= 11 is 0. The fraction of sp³-hybridized carbons (Fsp3) is 0.308. The van der Waals surface area contributed by atoms with Gasteiger partial charge in [-0.2, -0.15) is 0 Å². The highest BCUT2D eigenvalue weighted by Gasteiger charge is 2.31. The van der Waals surface area contributed by atoms with Crippen molar-refractivity contribution < 1.29 is 22.7 Å². The Kier molecular flexibility index (Phi) is 6.23. The minimum absolute atomic E-state index is 0.234. The number of fused-ring (bicyclic) bond motifs is 1. The summed E-state index contributed by atoms with van der Waals surface area (Å²) in [6.45, 7) is 6.47. The van der Waals surface area contributed by atoms with Gasteiger partial charge in [-0.1, -0.05) is 39.0 Å². The molecule has 0 bridgehead atoms. The van der Waals surface area contributed by atoms with Gasteiger partial charge in [0, 0.05) is 29.8 Å². The van der Waals surface area contributed by atoms with Gasteiger partial charge in [0.15, 0.2) is 0 Å². The van der Waals surface area contributed by atoms with E-state index >= 15 is 0 Å². The number of carbonyl (C=O) groups excluding carboxylic acids is 2. The number of imide groups is 1. The third-order valence-corrected chi connectivity index (χ3v) is 6.47. The molecule has 1 saturated heterocycles. The highest BCUT2D eigenvalue weighted by molar-refractivity contribution is 7.92. The van der Waals surface area contributed by atoms with E-state index in [-0.39, 0.29) is 17.7 Å². The summed E-state index contributed by atoms with van der Waals surface area (Å²) in [7, 11) is -1.77. The van der Waals surface area contributed by atoms with Crippen LogP contribution < -0.4 is 19.7 Å². The molecule has 0 unspecified atom stereocenters. The molecule has 1 heterocycles. The molecule has 0 atom stereocenters. The first-order valence-electron chi connectivity index (χ1n) is 11.2. The lowest BCUT2D eigenvalue weighted by molar-refractivity contribution is -0.118. The Balaban J connectivity index is 1.89. The highest BCUT2D eigenvalue weighted by Crippen LogP contribution is 2.43. The molecule has 1 aliphatic heterocycles. The van der Waals surface area contributed by atoms with Crippen molar-refractivity contribution >= 4 is 44.1 Å². The zero-order valence-corrected chi connectivity index (χ0v) is 21.2. The van der Waals surface area contributed by atoms with Crippen LogP contribution in [-0.4, -0.2) is 40.3 Å². The molecular weight excluding hydrogens is 466 g/mol. The van der Waals surface area contributed by atoms with Crippen LogP contribution in [0.5, 0.6) is 5.75 Å². The SMILES string of the molecule is COc1c(-c2ccc3cc(NS(C)(=O)=O)ccc3c2)cc(N2C(=O)CCNC2=O)cc1C(C)(C)C. The van der Waals surface area contributed by atoms with Gasteiger partial charge in [-0.15, -0.1) is 0 Å². The van der Waals surface area contributed by atoms with Crippen LogP contribution >= 0.6 is 0 Å². The Morgan fingerprint density at radius 3 is 2.31 bits per heavy atom. The summed E-state index contributed by atoms with van der Waals surface area (Å²) in [5.74, 6) is 0.412. The largest absolute Gasteiger partial charge is 0.496 e. The maximum atomic E-state index is 12.7. The van der Waals surface area contributed by atoms with Gasteiger partial charge in [0.25, 0.3) is 0 Å². The van der Waals surface area contributed by atoms with Gasteiger partial charge in [-0.05, 0) is 52.1 Å². The number of urea groups is 1. The Hall–Kier alpha value is -3.59. The van der Waals surface area contributed by atoms with E-state index in [2.05, 4.69) is 10.0 Å². The number of methoxy groups -OCH3 is 1. The highest BCUT2D eigenvalue weighted by atomic mass is 32.2. The van der Waals surface area contributed by atoms with E-state index in [1.165, 1.54) is 4.90 Å². The Labute approximate surface area is 205 Å². The van der Waals surface area contributed by atoms with E-state index in [0.717, 1.165) is 33.7 Å². The number of nitrogens with one attached hydrogen (secondary N) is 2. The maximum absolute atomic E-state index is 12.7. The van der Waals surface area contributed by atoms with Crippen molar-refractivity contribution in [2.24, 2.45) is 0 Å². The minimum atomic E-state index is -3.38. The quantitative estimate of drug-likeness (QED) is 0.537. The molecule has 0 aromatic heterocycles. The second-order valence-corrected chi connectivity index (χ2v) is 11.4. The number of benzene rings is 3. The molecule has 35 heavy (non-hydrogen) atoms. The van der Waals surface area contributed by atoms with Crippen molar-refractivity contribution in [1.82, 2.24) is 5.32 Å². The predicted molar refractivity (Wildman–Crippen MR) is 139 cm³/mol. The topological polar surface area (TPSA) is 105 Å². The van der Waals surface area contributed by atoms with Crippen molar-refractivity contribution in [2.45, 2.75) is 32.6 Å². The fourth-order valence-corrected chi connectivity index (χ4v) is 4.82. The van der Waals surface area contributed by atoms with Gasteiger partial charge >= 0.3 is 6.03 Å². The summed E-state index contributed by atoms with van der Waals surface area (Å²) in [5, 5.41) is 4.50. The number of ether oxygens (including phenoxy) is 1. The summed E-state index contributed by atoms with van der Waals surface area (Å²) in [4.78, 5) is 26.4. The van der Waals surface area contributed by atoms with Crippen LogP contribution in [0.1, 0.15) is 32.8 Å². The average molecular weight is 496 g/mol. The van der Waals surface area contributed by atoms with Crippen molar-refractivity contribution in [3.8, 4) is 16.9 Å². The Morgan fingerprint density at radius 1 is 1.00 bits per heavy atom. The molecule has 0 radical (unpaired) electrons. The molecule has 4 rings (SSSR count). The van der Waals surface area contributed by atoms with E-state index in [1.54, 1.807) is 25.3 Å². The molecule has 3 aromatic rings. The first-order valence-corrected chi connectivity index (χ1v) is 13.1. The van der Waals surface area contributed by atoms with E-state index in [4.69, 9.17) is 4.74 Å². The Morgan fingerprint density at radius 2 is 1.69 bits per heavy atom. The Bertz CT molecular complexity index is 1430. The van der Waals surface area contributed by atoms with Crippen LogP contribution in [-0.2, 0) is 20.2 Å².